The third-order valence-electron chi connectivity index (χ3n) is 3.77. The van der Waals surface area contributed by atoms with Gasteiger partial charge in [0.1, 0.15) is 5.75 Å². The number of halogens is 2. The van der Waals surface area contributed by atoms with Gasteiger partial charge < -0.3 is 5.11 Å². The van der Waals surface area contributed by atoms with Crippen molar-refractivity contribution >= 4 is 23.2 Å². The van der Waals surface area contributed by atoms with Crippen molar-refractivity contribution in [2.24, 2.45) is 0 Å². The lowest BCUT2D eigenvalue weighted by molar-refractivity contribution is 0.219. The standard InChI is InChI=1S/C18H21Cl2NO/c19-10-12-21(13-11-20)17(15-6-2-1-3-7-15)14-16-8-4-5-9-18(16)22/h1-9,17,22H,10-14H2. The summed E-state index contributed by atoms with van der Waals surface area (Å²) in [6.45, 7) is 1.53. The highest BCUT2D eigenvalue weighted by molar-refractivity contribution is 6.18. The van der Waals surface area contributed by atoms with Crippen LogP contribution in [0.1, 0.15) is 17.2 Å². The topological polar surface area (TPSA) is 23.5 Å². The van der Waals surface area contributed by atoms with Crippen molar-refractivity contribution < 1.29 is 5.11 Å². The Hall–Kier alpha value is -1.22. The van der Waals surface area contributed by atoms with Crippen molar-refractivity contribution in [2.45, 2.75) is 12.5 Å². The summed E-state index contributed by atoms with van der Waals surface area (Å²) in [4.78, 5) is 2.28. The van der Waals surface area contributed by atoms with E-state index in [0.717, 1.165) is 25.1 Å². The third-order valence-corrected chi connectivity index (χ3v) is 4.11. The smallest absolute Gasteiger partial charge is 0.118 e. The zero-order chi connectivity index (χ0) is 15.8. The van der Waals surface area contributed by atoms with Crippen LogP contribution in [0.2, 0.25) is 0 Å². The van der Waals surface area contributed by atoms with E-state index in [9.17, 15) is 5.11 Å². The van der Waals surface area contributed by atoms with Gasteiger partial charge in [0.15, 0.2) is 0 Å². The second-order valence-electron chi connectivity index (χ2n) is 5.17. The van der Waals surface area contributed by atoms with Crippen molar-refractivity contribution in [3.63, 3.8) is 0 Å². The zero-order valence-electron chi connectivity index (χ0n) is 12.5. The Morgan fingerprint density at radius 2 is 1.45 bits per heavy atom. The summed E-state index contributed by atoms with van der Waals surface area (Å²) < 4.78 is 0. The highest BCUT2D eigenvalue weighted by Crippen LogP contribution is 2.28. The highest BCUT2D eigenvalue weighted by atomic mass is 35.5. The van der Waals surface area contributed by atoms with Gasteiger partial charge in [-0.3, -0.25) is 4.90 Å². The Bertz CT molecular complexity index is 556. The van der Waals surface area contributed by atoms with Crippen LogP contribution in [0, 0.1) is 0 Å². The van der Waals surface area contributed by atoms with Gasteiger partial charge in [-0.1, -0.05) is 48.5 Å². The molecule has 0 saturated carbocycles. The average molecular weight is 338 g/mol. The molecule has 0 fully saturated rings. The van der Waals surface area contributed by atoms with Crippen LogP contribution in [0.25, 0.3) is 0 Å². The van der Waals surface area contributed by atoms with Gasteiger partial charge in [-0.2, -0.15) is 0 Å². The molecule has 2 rings (SSSR count). The van der Waals surface area contributed by atoms with Crippen LogP contribution in [-0.2, 0) is 6.42 Å². The van der Waals surface area contributed by atoms with Crippen LogP contribution in [0.3, 0.4) is 0 Å². The molecule has 0 aliphatic rings. The van der Waals surface area contributed by atoms with E-state index < -0.39 is 0 Å². The molecule has 0 bridgehead atoms. The lowest BCUT2D eigenvalue weighted by atomic mass is 9.96. The number of phenols is 1. The van der Waals surface area contributed by atoms with E-state index in [-0.39, 0.29) is 6.04 Å². The van der Waals surface area contributed by atoms with E-state index in [1.54, 1.807) is 6.07 Å². The maximum atomic E-state index is 10.1. The van der Waals surface area contributed by atoms with Crippen LogP contribution in [0.5, 0.6) is 5.75 Å². The lowest BCUT2D eigenvalue weighted by Crippen LogP contribution is -2.33. The SMILES string of the molecule is Oc1ccccc1CC(c1ccccc1)N(CCCl)CCCl. The third kappa shape index (κ3) is 4.64. The number of hydrogen-bond acceptors (Lipinski definition) is 2. The number of nitrogens with zero attached hydrogens (tertiary/aromatic N) is 1. The molecule has 1 N–H and O–H groups in total. The minimum Gasteiger partial charge on any atom is -0.508 e. The molecule has 1 unspecified atom stereocenters. The molecule has 0 aliphatic heterocycles. The zero-order valence-corrected chi connectivity index (χ0v) is 14.0. The van der Waals surface area contributed by atoms with Crippen LogP contribution < -0.4 is 0 Å². The van der Waals surface area contributed by atoms with Gasteiger partial charge in [0.2, 0.25) is 0 Å². The molecule has 0 radical (unpaired) electrons. The molecule has 0 aliphatic carbocycles. The summed E-state index contributed by atoms with van der Waals surface area (Å²) in [5.74, 6) is 1.45. The second-order valence-corrected chi connectivity index (χ2v) is 5.93. The summed E-state index contributed by atoms with van der Waals surface area (Å²) >= 11 is 11.9. The van der Waals surface area contributed by atoms with E-state index in [0.29, 0.717) is 17.5 Å². The van der Waals surface area contributed by atoms with Crippen LogP contribution in [0.4, 0.5) is 0 Å². The Labute approximate surface area is 142 Å². The van der Waals surface area contributed by atoms with Crippen LogP contribution >= 0.6 is 23.2 Å². The fourth-order valence-electron chi connectivity index (χ4n) is 2.67. The molecule has 2 nitrogen and oxygen atoms in total. The van der Waals surface area contributed by atoms with Crippen molar-refractivity contribution in [2.75, 3.05) is 24.8 Å². The van der Waals surface area contributed by atoms with Gasteiger partial charge >= 0.3 is 0 Å². The molecule has 2 aromatic carbocycles. The highest BCUT2D eigenvalue weighted by Gasteiger charge is 2.21. The quantitative estimate of drug-likeness (QED) is 0.719. The van der Waals surface area contributed by atoms with Gasteiger partial charge in [-0.05, 0) is 23.6 Å². The predicted molar refractivity (Wildman–Crippen MR) is 94.0 cm³/mol. The Balaban J connectivity index is 2.30. The average Bonchev–Trinajstić information content (AvgIpc) is 2.55. The van der Waals surface area contributed by atoms with Gasteiger partial charge in [0.05, 0.1) is 0 Å². The lowest BCUT2D eigenvalue weighted by Gasteiger charge is -2.31. The molecule has 0 aromatic heterocycles. The summed E-state index contributed by atoms with van der Waals surface area (Å²) in [5.41, 5.74) is 2.14. The fraction of sp³-hybridized carbons (Fsp3) is 0.333. The minimum atomic E-state index is 0.145. The Kier molecular flexibility index (Phi) is 7.04. The first-order valence-corrected chi connectivity index (χ1v) is 8.51. The number of phenolic OH excluding ortho intramolecular Hbond substituents is 1. The molecule has 0 amide bonds. The molecule has 0 spiro atoms. The largest absolute Gasteiger partial charge is 0.508 e. The minimum absolute atomic E-state index is 0.145. The molecule has 2 aromatic rings. The normalized spacial score (nSPS) is 12.5. The first-order chi connectivity index (χ1) is 10.8. The second kappa shape index (κ2) is 9.04. The molecule has 4 heteroatoms. The molecule has 1 atom stereocenters. The molecule has 22 heavy (non-hydrogen) atoms. The van der Waals surface area contributed by atoms with Gasteiger partial charge in [-0.25, -0.2) is 0 Å². The maximum Gasteiger partial charge on any atom is 0.118 e. The van der Waals surface area contributed by atoms with Crippen molar-refractivity contribution in [3.05, 3.63) is 65.7 Å². The van der Waals surface area contributed by atoms with Crippen molar-refractivity contribution in [1.82, 2.24) is 4.90 Å². The van der Waals surface area contributed by atoms with Gasteiger partial charge in [0.25, 0.3) is 0 Å². The molecule has 0 heterocycles. The van der Waals surface area contributed by atoms with Crippen LogP contribution in [-0.4, -0.2) is 34.9 Å². The number of hydrogen-bond donors (Lipinski definition) is 1. The van der Waals surface area contributed by atoms with E-state index in [1.165, 1.54) is 5.56 Å². The summed E-state index contributed by atoms with van der Waals surface area (Å²) in [7, 11) is 0. The summed E-state index contributed by atoms with van der Waals surface area (Å²) in [5, 5.41) is 10.1. The Morgan fingerprint density at radius 1 is 0.864 bits per heavy atom. The number of para-hydroxylation sites is 1. The Morgan fingerprint density at radius 3 is 2.05 bits per heavy atom. The molecular weight excluding hydrogens is 317 g/mol. The van der Waals surface area contributed by atoms with Gasteiger partial charge in [-0.15, -0.1) is 23.2 Å². The molecule has 0 saturated heterocycles. The predicted octanol–water partition coefficient (Wildman–Crippen LogP) is 4.46. The number of alkyl halides is 2. The molecular formula is C18H21Cl2NO. The van der Waals surface area contributed by atoms with Gasteiger partial charge in [0, 0.05) is 30.9 Å². The van der Waals surface area contributed by atoms with E-state index in [4.69, 9.17) is 23.2 Å². The van der Waals surface area contributed by atoms with E-state index in [2.05, 4.69) is 17.0 Å². The van der Waals surface area contributed by atoms with Crippen molar-refractivity contribution in [3.8, 4) is 5.75 Å². The van der Waals surface area contributed by atoms with E-state index >= 15 is 0 Å². The van der Waals surface area contributed by atoms with E-state index in [1.807, 2.05) is 36.4 Å². The fourth-order valence-corrected chi connectivity index (χ4v) is 3.10. The number of benzene rings is 2. The monoisotopic (exact) mass is 337 g/mol. The van der Waals surface area contributed by atoms with Crippen LogP contribution in [0.15, 0.2) is 54.6 Å². The summed E-state index contributed by atoms with van der Waals surface area (Å²) in [6.07, 6.45) is 0.727. The maximum absolute atomic E-state index is 10.1. The first kappa shape index (κ1) is 17.1. The number of rotatable bonds is 8. The summed E-state index contributed by atoms with van der Waals surface area (Å²) in [6, 6.07) is 17.9. The molecule has 118 valence electrons. The number of aromatic hydroxyl groups is 1. The van der Waals surface area contributed by atoms with Crippen molar-refractivity contribution in [1.29, 1.82) is 0 Å². The first-order valence-electron chi connectivity index (χ1n) is 7.44.